The summed E-state index contributed by atoms with van der Waals surface area (Å²) in [4.78, 5) is 12.1. The van der Waals surface area contributed by atoms with Gasteiger partial charge in [0.05, 0.1) is 0 Å². The van der Waals surface area contributed by atoms with Crippen LogP contribution in [0.25, 0.3) is 12.2 Å². The lowest BCUT2D eigenvalue weighted by Gasteiger charge is -2.07. The average Bonchev–Trinajstić information content (AvgIpc) is 2.73. The van der Waals surface area contributed by atoms with Gasteiger partial charge in [-0.1, -0.05) is 71.8 Å². The molecule has 30 heavy (non-hydrogen) atoms. The first-order chi connectivity index (χ1) is 14.3. The van der Waals surface area contributed by atoms with Gasteiger partial charge in [-0.3, -0.25) is 4.79 Å². The number of rotatable bonds is 7. The molecule has 0 radical (unpaired) electrons. The number of hydrogen-bond donors (Lipinski definition) is 0. The third kappa shape index (κ3) is 6.03. The molecule has 0 aliphatic heterocycles. The predicted molar refractivity (Wildman–Crippen MR) is 120 cm³/mol. The molecule has 0 saturated carbocycles. The molecule has 0 saturated heterocycles. The molecule has 0 aromatic heterocycles. The van der Waals surface area contributed by atoms with Gasteiger partial charge in [-0.25, -0.2) is 0 Å². The van der Waals surface area contributed by atoms with E-state index in [4.69, 9.17) is 4.18 Å². The Labute approximate surface area is 177 Å². The van der Waals surface area contributed by atoms with Crippen LogP contribution in [0.4, 0.5) is 0 Å². The van der Waals surface area contributed by atoms with Crippen molar-refractivity contribution in [2.75, 3.05) is 0 Å². The molecule has 4 nitrogen and oxygen atoms in total. The average molecular weight is 419 g/mol. The Balaban J connectivity index is 1.61. The molecule has 0 spiro atoms. The fourth-order valence-electron chi connectivity index (χ4n) is 2.60. The zero-order chi connectivity index (χ0) is 21.6. The van der Waals surface area contributed by atoms with Crippen LogP contribution in [0, 0.1) is 13.8 Å². The molecule has 0 amide bonds. The van der Waals surface area contributed by atoms with E-state index in [0.717, 1.165) is 22.3 Å². The Morgan fingerprint density at radius 2 is 1.13 bits per heavy atom. The highest BCUT2D eigenvalue weighted by Crippen LogP contribution is 2.20. The fourth-order valence-corrected chi connectivity index (χ4v) is 3.53. The van der Waals surface area contributed by atoms with Crippen LogP contribution in [-0.2, 0) is 14.9 Å². The molecule has 0 N–H and O–H groups in total. The predicted octanol–water partition coefficient (Wildman–Crippen LogP) is 5.37. The summed E-state index contributed by atoms with van der Waals surface area (Å²) in [5, 5.41) is 0. The van der Waals surface area contributed by atoms with Gasteiger partial charge in [0.15, 0.2) is 5.78 Å². The number of carbonyl (C=O) groups is 1. The lowest BCUT2D eigenvalue weighted by molar-refractivity contribution is -0.110. The maximum atomic E-state index is 12.3. The summed E-state index contributed by atoms with van der Waals surface area (Å²) in [6, 6.07) is 20.8. The smallest absolute Gasteiger partial charge is 0.339 e. The van der Waals surface area contributed by atoms with E-state index >= 15 is 0 Å². The molecule has 3 rings (SSSR count). The largest absolute Gasteiger partial charge is 0.379 e. The van der Waals surface area contributed by atoms with E-state index in [2.05, 4.69) is 0 Å². The first-order valence-corrected chi connectivity index (χ1v) is 10.8. The van der Waals surface area contributed by atoms with E-state index in [9.17, 15) is 13.2 Å². The van der Waals surface area contributed by atoms with Crippen molar-refractivity contribution in [1.29, 1.82) is 0 Å². The summed E-state index contributed by atoms with van der Waals surface area (Å²) in [7, 11) is -3.89. The van der Waals surface area contributed by atoms with Crippen LogP contribution in [0.3, 0.4) is 0 Å². The molecule has 0 bridgehead atoms. The minimum Gasteiger partial charge on any atom is -0.379 e. The third-order valence-corrected chi connectivity index (χ3v) is 5.61. The van der Waals surface area contributed by atoms with E-state index in [1.165, 1.54) is 24.3 Å². The fraction of sp³-hybridized carbons (Fsp3) is 0.0800. The second kappa shape index (κ2) is 9.37. The second-order valence-electron chi connectivity index (χ2n) is 6.90. The number of ketones is 1. The molecule has 0 atom stereocenters. The molecule has 3 aromatic rings. The van der Waals surface area contributed by atoms with Crippen LogP contribution in [-0.4, -0.2) is 14.2 Å². The Morgan fingerprint density at radius 1 is 0.700 bits per heavy atom. The highest BCUT2D eigenvalue weighted by molar-refractivity contribution is 7.87. The summed E-state index contributed by atoms with van der Waals surface area (Å²) in [6.07, 6.45) is 6.40. The van der Waals surface area contributed by atoms with E-state index in [0.29, 0.717) is 0 Å². The van der Waals surface area contributed by atoms with Crippen molar-refractivity contribution < 1.29 is 17.4 Å². The maximum absolute atomic E-state index is 12.3. The van der Waals surface area contributed by atoms with Crippen LogP contribution < -0.4 is 4.18 Å². The number of hydrogen-bond acceptors (Lipinski definition) is 4. The minimum absolute atomic E-state index is 0.100. The Morgan fingerprint density at radius 3 is 1.63 bits per heavy atom. The van der Waals surface area contributed by atoms with Gasteiger partial charge in [-0.05, 0) is 61.4 Å². The zero-order valence-corrected chi connectivity index (χ0v) is 17.6. The summed E-state index contributed by atoms with van der Waals surface area (Å²) in [5.41, 5.74) is 3.84. The summed E-state index contributed by atoms with van der Waals surface area (Å²) < 4.78 is 29.8. The van der Waals surface area contributed by atoms with Crippen molar-refractivity contribution in [3.63, 3.8) is 0 Å². The van der Waals surface area contributed by atoms with Gasteiger partial charge < -0.3 is 4.18 Å². The van der Waals surface area contributed by atoms with Crippen LogP contribution in [0.1, 0.15) is 22.3 Å². The Hall–Kier alpha value is -3.44. The molecule has 3 aromatic carbocycles. The number of aryl methyl sites for hydroxylation is 2. The monoisotopic (exact) mass is 418 g/mol. The molecule has 0 aliphatic carbocycles. The molecular weight excluding hydrogens is 396 g/mol. The molecule has 0 heterocycles. The Kier molecular flexibility index (Phi) is 6.65. The molecular formula is C25H22O4S. The van der Waals surface area contributed by atoms with Crippen molar-refractivity contribution in [2.24, 2.45) is 0 Å². The van der Waals surface area contributed by atoms with Gasteiger partial charge in [0.2, 0.25) is 0 Å². The van der Waals surface area contributed by atoms with Gasteiger partial charge in [-0.2, -0.15) is 8.42 Å². The van der Waals surface area contributed by atoms with Crippen LogP contribution in [0.5, 0.6) is 5.75 Å². The normalized spacial score (nSPS) is 11.8. The van der Waals surface area contributed by atoms with Crippen molar-refractivity contribution in [1.82, 2.24) is 0 Å². The van der Waals surface area contributed by atoms with Crippen molar-refractivity contribution in [3.05, 3.63) is 107 Å². The highest BCUT2D eigenvalue weighted by Gasteiger charge is 2.16. The summed E-state index contributed by atoms with van der Waals surface area (Å²) >= 11 is 0. The third-order valence-electron chi connectivity index (χ3n) is 4.35. The molecule has 0 unspecified atom stereocenters. The van der Waals surface area contributed by atoms with Crippen molar-refractivity contribution in [3.8, 4) is 5.75 Å². The van der Waals surface area contributed by atoms with E-state index in [1.54, 1.807) is 48.6 Å². The first-order valence-electron chi connectivity index (χ1n) is 9.40. The van der Waals surface area contributed by atoms with E-state index in [-0.39, 0.29) is 16.4 Å². The SMILES string of the molecule is Cc1ccc(/C=C/C(=O)/C=C/c2ccc(OS(=O)(=O)c3ccc(C)cc3)cc2)cc1. The topological polar surface area (TPSA) is 60.4 Å². The standard InChI is InChI=1S/C25H22O4S/c1-19-3-7-21(8-4-19)9-13-23(26)14-10-22-11-15-24(16-12-22)29-30(27,28)25-17-5-20(2)6-18-25/h3-18H,1-2H3/b13-9+,14-10+. The number of benzene rings is 3. The number of allylic oxidation sites excluding steroid dienone is 2. The zero-order valence-electron chi connectivity index (χ0n) is 16.8. The number of carbonyl (C=O) groups excluding carboxylic acids is 1. The highest BCUT2D eigenvalue weighted by atomic mass is 32.2. The van der Waals surface area contributed by atoms with Gasteiger partial charge in [0, 0.05) is 0 Å². The molecule has 0 fully saturated rings. The minimum atomic E-state index is -3.89. The lowest BCUT2D eigenvalue weighted by Crippen LogP contribution is -2.09. The van der Waals surface area contributed by atoms with Crippen LogP contribution >= 0.6 is 0 Å². The Bertz CT molecular complexity index is 1170. The van der Waals surface area contributed by atoms with Crippen LogP contribution in [0.2, 0.25) is 0 Å². The molecule has 0 aliphatic rings. The van der Waals surface area contributed by atoms with Gasteiger partial charge in [-0.15, -0.1) is 0 Å². The lowest BCUT2D eigenvalue weighted by atomic mass is 10.1. The van der Waals surface area contributed by atoms with E-state index < -0.39 is 10.1 Å². The molecule has 5 heteroatoms. The van der Waals surface area contributed by atoms with Crippen molar-refractivity contribution >= 4 is 28.1 Å². The van der Waals surface area contributed by atoms with Gasteiger partial charge in [0.1, 0.15) is 10.6 Å². The van der Waals surface area contributed by atoms with Crippen LogP contribution in [0.15, 0.2) is 89.8 Å². The van der Waals surface area contributed by atoms with Crippen molar-refractivity contribution in [2.45, 2.75) is 18.7 Å². The summed E-state index contributed by atoms with van der Waals surface area (Å²) in [6.45, 7) is 3.89. The van der Waals surface area contributed by atoms with E-state index in [1.807, 2.05) is 38.1 Å². The summed E-state index contributed by atoms with van der Waals surface area (Å²) in [5.74, 6) is 0.0659. The second-order valence-corrected chi connectivity index (χ2v) is 8.45. The quantitative estimate of drug-likeness (QED) is 0.382. The first kappa shape index (κ1) is 21.3. The maximum Gasteiger partial charge on any atom is 0.339 e. The van der Waals surface area contributed by atoms with Gasteiger partial charge >= 0.3 is 10.1 Å². The molecule has 152 valence electrons. The van der Waals surface area contributed by atoms with Gasteiger partial charge in [0.25, 0.3) is 0 Å².